The highest BCUT2D eigenvalue weighted by Crippen LogP contribution is 2.34. The Kier molecular flexibility index (Phi) is 7.15. The number of ether oxygens (including phenoxy) is 4. The standard InChI is InChI=1S/C18H17Cl2NO6/c1-24-11-4-5-14(15(8-11)25-2)21-16(22)9-27-18(23)10-6-12(19)17(26-3)13(20)7-10/h4-8H,9H2,1-3H3,(H,21,22). The second-order valence-corrected chi connectivity index (χ2v) is 5.98. The van der Waals surface area contributed by atoms with Gasteiger partial charge in [-0.1, -0.05) is 23.2 Å². The van der Waals surface area contributed by atoms with Gasteiger partial charge in [-0.05, 0) is 24.3 Å². The molecule has 2 aromatic carbocycles. The third-order valence-corrected chi connectivity index (χ3v) is 4.02. The van der Waals surface area contributed by atoms with Crippen LogP contribution in [0, 0.1) is 0 Å². The van der Waals surface area contributed by atoms with Gasteiger partial charge in [0.05, 0.1) is 42.6 Å². The fourth-order valence-corrected chi connectivity index (χ4v) is 2.82. The van der Waals surface area contributed by atoms with E-state index in [2.05, 4.69) is 5.32 Å². The van der Waals surface area contributed by atoms with Crippen molar-refractivity contribution in [3.05, 3.63) is 45.9 Å². The Morgan fingerprint density at radius 3 is 2.19 bits per heavy atom. The maximum Gasteiger partial charge on any atom is 0.338 e. The van der Waals surface area contributed by atoms with Crippen LogP contribution in [0.15, 0.2) is 30.3 Å². The lowest BCUT2D eigenvalue weighted by Gasteiger charge is -2.12. The van der Waals surface area contributed by atoms with Gasteiger partial charge in [-0.3, -0.25) is 4.79 Å². The molecule has 9 heteroatoms. The summed E-state index contributed by atoms with van der Waals surface area (Å²) in [7, 11) is 4.38. The molecule has 7 nitrogen and oxygen atoms in total. The minimum atomic E-state index is -0.752. The molecule has 0 radical (unpaired) electrons. The molecule has 2 aromatic rings. The van der Waals surface area contributed by atoms with Crippen molar-refractivity contribution in [3.8, 4) is 17.2 Å². The molecule has 27 heavy (non-hydrogen) atoms. The van der Waals surface area contributed by atoms with Crippen molar-refractivity contribution >= 4 is 40.8 Å². The number of benzene rings is 2. The van der Waals surface area contributed by atoms with Gasteiger partial charge in [0.15, 0.2) is 12.4 Å². The number of methoxy groups -OCH3 is 3. The fourth-order valence-electron chi connectivity index (χ4n) is 2.18. The van der Waals surface area contributed by atoms with Gasteiger partial charge in [-0.25, -0.2) is 4.79 Å². The number of hydrogen-bond acceptors (Lipinski definition) is 6. The summed E-state index contributed by atoms with van der Waals surface area (Å²) < 4.78 is 20.3. The highest BCUT2D eigenvalue weighted by atomic mass is 35.5. The number of nitrogens with one attached hydrogen (secondary N) is 1. The van der Waals surface area contributed by atoms with Crippen LogP contribution >= 0.6 is 23.2 Å². The van der Waals surface area contributed by atoms with Crippen LogP contribution in [0.3, 0.4) is 0 Å². The summed E-state index contributed by atoms with van der Waals surface area (Å²) in [5, 5.41) is 2.91. The minimum Gasteiger partial charge on any atom is -0.497 e. The van der Waals surface area contributed by atoms with Crippen molar-refractivity contribution in [1.29, 1.82) is 0 Å². The highest BCUT2D eigenvalue weighted by Gasteiger charge is 2.16. The Bertz CT molecular complexity index is 833. The van der Waals surface area contributed by atoms with E-state index in [0.29, 0.717) is 17.2 Å². The maximum absolute atomic E-state index is 12.1. The molecule has 0 fully saturated rings. The Labute approximate surface area is 166 Å². The van der Waals surface area contributed by atoms with E-state index >= 15 is 0 Å². The van der Waals surface area contributed by atoms with Crippen LogP contribution in [0.4, 0.5) is 5.69 Å². The number of amides is 1. The number of carbonyl (C=O) groups is 2. The predicted molar refractivity (Wildman–Crippen MR) is 101 cm³/mol. The fraction of sp³-hybridized carbons (Fsp3) is 0.222. The topological polar surface area (TPSA) is 83.1 Å². The van der Waals surface area contributed by atoms with Crippen LogP contribution in [-0.4, -0.2) is 39.8 Å². The van der Waals surface area contributed by atoms with Crippen LogP contribution in [0.5, 0.6) is 17.2 Å². The molecule has 0 spiro atoms. The number of anilines is 1. The molecule has 0 unspecified atom stereocenters. The molecule has 0 aliphatic heterocycles. The van der Waals surface area contributed by atoms with Crippen molar-refractivity contribution in [2.45, 2.75) is 0 Å². The molecular formula is C18H17Cl2NO6. The first kappa shape index (κ1) is 20.7. The van der Waals surface area contributed by atoms with E-state index in [1.165, 1.54) is 33.5 Å². The largest absolute Gasteiger partial charge is 0.497 e. The molecule has 144 valence electrons. The zero-order valence-corrected chi connectivity index (χ0v) is 16.3. The monoisotopic (exact) mass is 413 g/mol. The van der Waals surface area contributed by atoms with Gasteiger partial charge in [0, 0.05) is 6.07 Å². The quantitative estimate of drug-likeness (QED) is 0.694. The molecule has 0 aliphatic carbocycles. The second-order valence-electron chi connectivity index (χ2n) is 5.16. The van der Waals surface area contributed by atoms with Crippen LogP contribution < -0.4 is 19.5 Å². The number of halogens is 2. The van der Waals surface area contributed by atoms with Crippen LogP contribution in [0.1, 0.15) is 10.4 Å². The molecule has 0 atom stereocenters. The Balaban J connectivity index is 2.00. The van der Waals surface area contributed by atoms with Crippen molar-refractivity contribution in [1.82, 2.24) is 0 Å². The predicted octanol–water partition coefficient (Wildman–Crippen LogP) is 3.81. The molecule has 0 saturated carbocycles. The van der Waals surface area contributed by atoms with E-state index in [4.69, 9.17) is 42.1 Å². The molecule has 0 bridgehead atoms. The summed E-state index contributed by atoms with van der Waals surface area (Å²) in [6.45, 7) is -0.505. The van der Waals surface area contributed by atoms with Gasteiger partial charge >= 0.3 is 5.97 Å². The van der Waals surface area contributed by atoms with Gasteiger partial charge in [-0.2, -0.15) is 0 Å². The third kappa shape index (κ3) is 5.18. The van der Waals surface area contributed by atoms with Gasteiger partial charge in [0.25, 0.3) is 5.91 Å². The Hall–Kier alpha value is -2.64. The average Bonchev–Trinajstić information content (AvgIpc) is 2.66. The lowest BCUT2D eigenvalue weighted by molar-refractivity contribution is -0.119. The van der Waals surface area contributed by atoms with Gasteiger partial charge < -0.3 is 24.3 Å². The summed E-state index contributed by atoms with van der Waals surface area (Å²) in [6.07, 6.45) is 0. The molecule has 0 saturated heterocycles. The second kappa shape index (κ2) is 9.34. The van der Waals surface area contributed by atoms with E-state index < -0.39 is 18.5 Å². The Morgan fingerprint density at radius 1 is 0.963 bits per heavy atom. The van der Waals surface area contributed by atoms with Crippen LogP contribution in [0.25, 0.3) is 0 Å². The maximum atomic E-state index is 12.1. The van der Waals surface area contributed by atoms with Gasteiger partial charge in [0.1, 0.15) is 11.5 Å². The molecule has 0 aromatic heterocycles. The molecule has 1 amide bonds. The number of esters is 1. The third-order valence-electron chi connectivity index (χ3n) is 3.46. The normalized spacial score (nSPS) is 10.1. The van der Waals surface area contributed by atoms with Crippen molar-refractivity contribution in [3.63, 3.8) is 0 Å². The summed E-state index contributed by atoms with van der Waals surface area (Å²) in [6, 6.07) is 7.58. The van der Waals surface area contributed by atoms with E-state index in [-0.39, 0.29) is 21.4 Å². The SMILES string of the molecule is COc1ccc(NC(=O)COC(=O)c2cc(Cl)c(OC)c(Cl)c2)c(OC)c1. The Morgan fingerprint density at radius 2 is 1.63 bits per heavy atom. The van der Waals surface area contributed by atoms with Crippen LogP contribution in [0.2, 0.25) is 10.0 Å². The van der Waals surface area contributed by atoms with Crippen molar-refractivity contribution in [2.75, 3.05) is 33.3 Å². The summed E-state index contributed by atoms with van der Waals surface area (Å²) in [5.74, 6) is -0.0673. The van der Waals surface area contributed by atoms with E-state index in [9.17, 15) is 9.59 Å². The number of carbonyl (C=O) groups excluding carboxylic acids is 2. The van der Waals surface area contributed by atoms with Gasteiger partial charge in [-0.15, -0.1) is 0 Å². The first-order valence-corrected chi connectivity index (χ1v) is 8.37. The highest BCUT2D eigenvalue weighted by molar-refractivity contribution is 6.37. The molecule has 2 rings (SSSR count). The molecular weight excluding hydrogens is 397 g/mol. The molecule has 0 aliphatic rings. The van der Waals surface area contributed by atoms with E-state index in [0.717, 1.165) is 0 Å². The molecule has 0 heterocycles. The summed E-state index contributed by atoms with van der Waals surface area (Å²) in [5.41, 5.74) is 0.510. The zero-order valence-electron chi connectivity index (χ0n) is 14.8. The first-order chi connectivity index (χ1) is 12.9. The van der Waals surface area contributed by atoms with Gasteiger partial charge in [0.2, 0.25) is 0 Å². The zero-order chi connectivity index (χ0) is 20.0. The van der Waals surface area contributed by atoms with E-state index in [1.807, 2.05) is 0 Å². The number of hydrogen-bond donors (Lipinski definition) is 1. The molecule has 1 N–H and O–H groups in total. The van der Waals surface area contributed by atoms with Crippen molar-refractivity contribution in [2.24, 2.45) is 0 Å². The smallest absolute Gasteiger partial charge is 0.338 e. The van der Waals surface area contributed by atoms with Crippen LogP contribution in [-0.2, 0) is 9.53 Å². The minimum absolute atomic E-state index is 0.0978. The lowest BCUT2D eigenvalue weighted by atomic mass is 10.2. The summed E-state index contributed by atoms with van der Waals surface area (Å²) >= 11 is 12.0. The first-order valence-electron chi connectivity index (χ1n) is 7.61. The number of rotatable bonds is 7. The van der Waals surface area contributed by atoms with Crippen molar-refractivity contribution < 1.29 is 28.5 Å². The van der Waals surface area contributed by atoms with E-state index in [1.54, 1.807) is 18.2 Å². The summed E-state index contributed by atoms with van der Waals surface area (Å²) in [4.78, 5) is 24.2. The average molecular weight is 414 g/mol. The lowest BCUT2D eigenvalue weighted by Crippen LogP contribution is -2.21.